The van der Waals surface area contributed by atoms with E-state index in [9.17, 15) is 0 Å². The van der Waals surface area contributed by atoms with Crippen LogP contribution in [0.25, 0.3) is 77.0 Å². The molecule has 0 radical (unpaired) electrons. The Morgan fingerprint density at radius 3 is 1.20 bits per heavy atom. The smallest absolute Gasteiger partial charge is 0.405 e. The lowest BCUT2D eigenvalue weighted by Gasteiger charge is -2.32. The first-order chi connectivity index (χ1) is 37.0. The van der Waals surface area contributed by atoms with Gasteiger partial charge >= 0.3 is 21.1 Å². The van der Waals surface area contributed by atoms with Gasteiger partial charge in [0, 0.05) is 74.9 Å². The lowest BCUT2D eigenvalue weighted by Crippen LogP contribution is -2.41. The molecule has 13 rings (SSSR count). The average molecular weight is 1120 g/mol. The molecule has 3 aliphatic rings. The van der Waals surface area contributed by atoms with E-state index in [1.54, 1.807) is 0 Å². The Bertz CT molecular complexity index is 3760. The van der Waals surface area contributed by atoms with Gasteiger partial charge in [-0.05, 0) is 170 Å². The van der Waals surface area contributed by atoms with E-state index in [0.29, 0.717) is 0 Å². The third kappa shape index (κ3) is 10.4. The molecule has 0 saturated carbocycles. The van der Waals surface area contributed by atoms with Crippen molar-refractivity contribution in [2.75, 3.05) is 0 Å². The van der Waals surface area contributed by atoms with Crippen molar-refractivity contribution in [1.82, 2.24) is 19.1 Å². The molecule has 7 heterocycles. The molecule has 0 aliphatic carbocycles. The minimum Gasteiger partial charge on any atom is -0.405 e. The van der Waals surface area contributed by atoms with Gasteiger partial charge in [-0.2, -0.15) is 0 Å². The predicted octanol–water partition coefficient (Wildman–Crippen LogP) is 15.6. The molecule has 0 amide bonds. The highest BCUT2D eigenvalue weighted by molar-refractivity contribution is 9.10. The molecular weight excluding hydrogens is 1050 g/mol. The largest absolute Gasteiger partial charge is 0.494 e. The Hall–Kier alpha value is -6.35. The molecule has 3 saturated heterocycles. The Kier molecular flexibility index (Phi) is 14.8. The lowest BCUT2D eigenvalue weighted by molar-refractivity contribution is 0.00578. The molecule has 402 valence electrons. The van der Waals surface area contributed by atoms with Crippen LogP contribution < -0.4 is 5.46 Å². The Balaban J connectivity index is 0.000000140. The van der Waals surface area contributed by atoms with Gasteiger partial charge in [-0.1, -0.05) is 120 Å². The molecular formula is C65H70B3BrN4O6. The number of nitrogens with zero attached hydrogens (tertiary/aromatic N) is 4. The highest BCUT2D eigenvalue weighted by atomic mass is 79.9. The van der Waals surface area contributed by atoms with Gasteiger partial charge in [0.25, 0.3) is 0 Å². The second-order valence-corrected chi connectivity index (χ2v) is 24.5. The highest BCUT2D eigenvalue weighted by Crippen LogP contribution is 2.44. The van der Waals surface area contributed by atoms with Gasteiger partial charge in [0.05, 0.1) is 44.6 Å². The molecule has 0 atom stereocenters. The van der Waals surface area contributed by atoms with Gasteiger partial charge in [0.15, 0.2) is 0 Å². The number of halogens is 1. The summed E-state index contributed by atoms with van der Waals surface area (Å²) in [6.07, 6.45) is 11.8. The molecule has 0 bridgehead atoms. The summed E-state index contributed by atoms with van der Waals surface area (Å²) < 4.78 is 42.1. The van der Waals surface area contributed by atoms with Crippen molar-refractivity contribution in [3.8, 4) is 33.6 Å². The summed E-state index contributed by atoms with van der Waals surface area (Å²) in [7, 11) is -1.35. The SMILES string of the molecule is Brc1cccc(-c2cn(-c3ccncc3)c3ccc4ccccc4c23)c1.C.CC1(C)OB(B2OC(C)(C)C(C)(C)O2)OC1(C)C.CC1(C)OB(c2cccc(-c3cn(-c4ccncc4)c4ccc5ccccc5c34)c2)OC1(C)C. The number of benzene rings is 6. The molecule has 0 spiro atoms. The van der Waals surface area contributed by atoms with Crippen LogP contribution in [0.2, 0.25) is 0 Å². The van der Waals surface area contributed by atoms with Crippen molar-refractivity contribution in [3.05, 3.63) is 187 Å². The first-order valence-electron chi connectivity index (χ1n) is 26.8. The topological polar surface area (TPSA) is 91.0 Å². The maximum absolute atomic E-state index is 6.34. The number of pyridine rings is 2. The molecule has 10 aromatic rings. The second-order valence-electron chi connectivity index (χ2n) is 23.6. The van der Waals surface area contributed by atoms with E-state index in [2.05, 4.69) is 196 Å². The zero-order valence-electron chi connectivity index (χ0n) is 46.7. The summed E-state index contributed by atoms with van der Waals surface area (Å²) in [5.74, 6) is 0. The summed E-state index contributed by atoms with van der Waals surface area (Å²) in [6, 6.07) is 51.1. The number of hydrogen-bond donors (Lipinski definition) is 0. The van der Waals surface area contributed by atoms with Crippen molar-refractivity contribution < 1.29 is 27.9 Å². The number of fused-ring (bicyclic) bond motifs is 6. The third-order valence-electron chi connectivity index (χ3n) is 16.9. The Morgan fingerprint density at radius 1 is 0.405 bits per heavy atom. The summed E-state index contributed by atoms with van der Waals surface area (Å²) in [4.78, 5) is 8.36. The fraction of sp³-hybridized carbons (Fsp3) is 0.292. The van der Waals surface area contributed by atoms with Crippen molar-refractivity contribution >= 4 is 85.9 Å². The van der Waals surface area contributed by atoms with E-state index in [-0.39, 0.29) is 41.0 Å². The van der Waals surface area contributed by atoms with E-state index in [1.807, 2.05) is 104 Å². The van der Waals surface area contributed by atoms with Crippen molar-refractivity contribution in [3.63, 3.8) is 0 Å². The maximum atomic E-state index is 6.34. The summed E-state index contributed by atoms with van der Waals surface area (Å²) >= 11 is 3.61. The van der Waals surface area contributed by atoms with Gasteiger partial charge in [-0.25, -0.2) is 0 Å². The molecule has 79 heavy (non-hydrogen) atoms. The standard InChI is InChI=1S/C29H27BN2O2.C23H15BrN2.C12H24B2O4.CH4/c1-28(2)29(3,4)34-30(33-28)22-10-7-9-21(18-22)25-19-32(23-14-16-31-17-15-23)26-13-12-20-8-5-6-11-24(20)27(25)26;24-18-6-3-5-17(14-18)21-15-26(19-10-12-25-13-11-19)22-9-8-16-4-1-2-7-20(16)23(21)22;1-9(2)10(3,4)16-13(15-9)14-17-11(5,6)12(7,8)18-14;/h5-19H,1-4H3;1-15H;1-8H3;1H4. The maximum Gasteiger partial charge on any atom is 0.494 e. The van der Waals surface area contributed by atoms with E-state index >= 15 is 0 Å². The van der Waals surface area contributed by atoms with Gasteiger partial charge < -0.3 is 37.1 Å². The van der Waals surface area contributed by atoms with E-state index < -0.39 is 21.1 Å². The van der Waals surface area contributed by atoms with E-state index in [1.165, 1.54) is 60.0 Å². The molecule has 3 fully saturated rings. The van der Waals surface area contributed by atoms with Crippen molar-refractivity contribution in [2.24, 2.45) is 0 Å². The Morgan fingerprint density at radius 2 is 0.785 bits per heavy atom. The van der Waals surface area contributed by atoms with Crippen LogP contribution in [0.4, 0.5) is 0 Å². The molecule has 6 aromatic carbocycles. The molecule has 0 unspecified atom stereocenters. The van der Waals surface area contributed by atoms with E-state index in [4.69, 9.17) is 27.9 Å². The minimum atomic E-state index is -0.476. The van der Waals surface area contributed by atoms with Gasteiger partial charge in [0.1, 0.15) is 0 Å². The van der Waals surface area contributed by atoms with Crippen LogP contribution in [0.3, 0.4) is 0 Å². The molecule has 4 aromatic heterocycles. The van der Waals surface area contributed by atoms with E-state index in [0.717, 1.165) is 26.9 Å². The summed E-state index contributed by atoms with van der Waals surface area (Å²) in [5, 5.41) is 7.50. The van der Waals surface area contributed by atoms with Gasteiger partial charge in [-0.15, -0.1) is 0 Å². The molecule has 3 aliphatic heterocycles. The Labute approximate surface area is 475 Å². The first kappa shape index (κ1) is 55.9. The average Bonchev–Trinajstić information content (AvgIpc) is 4.40. The fourth-order valence-corrected chi connectivity index (χ4v) is 10.8. The minimum absolute atomic E-state index is 0. The summed E-state index contributed by atoms with van der Waals surface area (Å²) in [5.41, 5.74) is 8.16. The van der Waals surface area contributed by atoms with Crippen LogP contribution >= 0.6 is 15.9 Å². The van der Waals surface area contributed by atoms with Crippen LogP contribution in [0.5, 0.6) is 0 Å². The number of rotatable bonds is 6. The van der Waals surface area contributed by atoms with Crippen LogP contribution in [-0.2, 0) is 27.9 Å². The predicted molar refractivity (Wildman–Crippen MR) is 330 cm³/mol. The lowest BCUT2D eigenvalue weighted by atomic mass is 9.49. The quantitative estimate of drug-likeness (QED) is 0.152. The second kappa shape index (κ2) is 21.0. The number of aromatic nitrogens is 4. The van der Waals surface area contributed by atoms with Crippen LogP contribution in [0, 0.1) is 0 Å². The summed E-state index contributed by atoms with van der Waals surface area (Å²) in [6.45, 7) is 24.6. The van der Waals surface area contributed by atoms with Gasteiger partial charge in [0.2, 0.25) is 0 Å². The van der Waals surface area contributed by atoms with Gasteiger partial charge in [-0.3, -0.25) is 9.97 Å². The first-order valence-corrected chi connectivity index (χ1v) is 27.6. The zero-order valence-corrected chi connectivity index (χ0v) is 48.3. The zero-order chi connectivity index (χ0) is 55.0. The van der Waals surface area contributed by atoms with Crippen molar-refractivity contribution in [1.29, 1.82) is 0 Å². The number of hydrogen-bond acceptors (Lipinski definition) is 8. The van der Waals surface area contributed by atoms with Crippen LogP contribution in [-0.4, -0.2) is 73.8 Å². The molecule has 10 nitrogen and oxygen atoms in total. The fourth-order valence-electron chi connectivity index (χ4n) is 10.4. The van der Waals surface area contributed by atoms with Crippen LogP contribution in [0.15, 0.2) is 187 Å². The third-order valence-corrected chi connectivity index (χ3v) is 17.4. The normalized spacial score (nSPS) is 18.3. The molecule has 0 N–H and O–H groups in total. The highest BCUT2D eigenvalue weighted by Gasteiger charge is 2.63. The monoisotopic (exact) mass is 1110 g/mol. The van der Waals surface area contributed by atoms with Crippen LogP contribution in [0.1, 0.15) is 90.5 Å². The molecule has 14 heteroatoms. The van der Waals surface area contributed by atoms with Crippen molar-refractivity contribution in [2.45, 2.75) is 124 Å².